The largest absolute Gasteiger partial charge is 0.354 e. The van der Waals surface area contributed by atoms with Crippen molar-refractivity contribution < 1.29 is 14.4 Å². The molecule has 0 atom stereocenters. The zero-order valence-corrected chi connectivity index (χ0v) is 15.1. The van der Waals surface area contributed by atoms with E-state index in [0.717, 1.165) is 22.2 Å². The third-order valence-corrected chi connectivity index (χ3v) is 4.45. The van der Waals surface area contributed by atoms with Crippen LogP contribution in [0.15, 0.2) is 29.2 Å². The van der Waals surface area contributed by atoms with Crippen molar-refractivity contribution in [3.63, 3.8) is 0 Å². The number of hydrogen-bond donors (Lipinski definition) is 1. The third-order valence-electron chi connectivity index (χ3n) is 3.29. The molecule has 0 bridgehead atoms. The molecule has 24 heavy (non-hydrogen) atoms. The number of carbonyl (C=O) groups excluding carboxylic acids is 3. The quantitative estimate of drug-likeness (QED) is 0.782. The van der Waals surface area contributed by atoms with Crippen molar-refractivity contribution >= 4 is 46.5 Å². The molecule has 7 heteroatoms. The molecule has 0 spiro atoms. The fourth-order valence-electron chi connectivity index (χ4n) is 2.15. The molecule has 1 saturated heterocycles. The van der Waals surface area contributed by atoms with E-state index in [1.807, 2.05) is 13.8 Å². The fraction of sp³-hybridized carbons (Fsp3) is 0.353. The van der Waals surface area contributed by atoms with E-state index < -0.39 is 0 Å². The smallest absolute Gasteiger partial charge is 0.293 e. The van der Waals surface area contributed by atoms with Gasteiger partial charge in [-0.2, -0.15) is 0 Å². The summed E-state index contributed by atoms with van der Waals surface area (Å²) in [7, 11) is 0. The lowest BCUT2D eigenvalue weighted by Gasteiger charge is -2.13. The summed E-state index contributed by atoms with van der Waals surface area (Å²) in [6.45, 7) is 4.35. The van der Waals surface area contributed by atoms with Gasteiger partial charge in [0, 0.05) is 24.5 Å². The molecule has 0 aromatic heterocycles. The molecule has 0 aliphatic carbocycles. The van der Waals surface area contributed by atoms with Gasteiger partial charge in [-0.05, 0) is 41.5 Å². The van der Waals surface area contributed by atoms with E-state index in [9.17, 15) is 14.4 Å². The molecule has 0 unspecified atom stereocenters. The van der Waals surface area contributed by atoms with Crippen LogP contribution >= 0.6 is 23.4 Å². The second kappa shape index (κ2) is 8.35. The van der Waals surface area contributed by atoms with Gasteiger partial charge in [0.1, 0.15) is 0 Å². The maximum absolute atomic E-state index is 12.3. The third kappa shape index (κ3) is 5.11. The van der Waals surface area contributed by atoms with Crippen LogP contribution < -0.4 is 5.32 Å². The number of amides is 3. The maximum Gasteiger partial charge on any atom is 0.293 e. The van der Waals surface area contributed by atoms with Gasteiger partial charge in [-0.25, -0.2) is 0 Å². The molecule has 1 N–H and O–H groups in total. The first-order chi connectivity index (χ1) is 11.4. The first-order valence-corrected chi connectivity index (χ1v) is 8.84. The Bertz CT molecular complexity index is 671. The molecular weight excluding hydrogens is 348 g/mol. The van der Waals surface area contributed by atoms with Gasteiger partial charge in [0.25, 0.3) is 11.1 Å². The minimum absolute atomic E-state index is 0.0753. The first kappa shape index (κ1) is 18.5. The van der Waals surface area contributed by atoms with E-state index in [0.29, 0.717) is 16.3 Å². The summed E-state index contributed by atoms with van der Waals surface area (Å²) in [6.07, 6.45) is 2.09. The lowest BCUT2D eigenvalue weighted by Crippen LogP contribution is -2.37. The normalized spacial score (nSPS) is 16.3. The summed E-state index contributed by atoms with van der Waals surface area (Å²) in [5, 5.41) is 3.01. The van der Waals surface area contributed by atoms with Gasteiger partial charge >= 0.3 is 0 Å². The minimum Gasteiger partial charge on any atom is -0.354 e. The van der Waals surface area contributed by atoms with E-state index in [2.05, 4.69) is 5.32 Å². The maximum atomic E-state index is 12.3. The minimum atomic E-state index is -0.335. The Labute approximate surface area is 150 Å². The number of rotatable bonds is 6. The second-order valence-electron chi connectivity index (χ2n) is 5.83. The van der Waals surface area contributed by atoms with Crippen molar-refractivity contribution in [3.8, 4) is 0 Å². The van der Waals surface area contributed by atoms with Crippen molar-refractivity contribution in [1.82, 2.24) is 10.2 Å². The highest BCUT2D eigenvalue weighted by Crippen LogP contribution is 2.32. The van der Waals surface area contributed by atoms with Crippen LogP contribution in [0.4, 0.5) is 4.79 Å². The molecular formula is C17H19ClN2O3S. The topological polar surface area (TPSA) is 66.5 Å². The molecule has 5 nitrogen and oxygen atoms in total. The number of thioether (sulfide) groups is 1. The van der Waals surface area contributed by atoms with Gasteiger partial charge in [-0.3, -0.25) is 19.3 Å². The molecule has 0 saturated carbocycles. The number of hydrogen-bond acceptors (Lipinski definition) is 4. The highest BCUT2D eigenvalue weighted by atomic mass is 35.5. The molecule has 1 aromatic carbocycles. The Morgan fingerprint density at radius 2 is 1.96 bits per heavy atom. The van der Waals surface area contributed by atoms with Crippen molar-refractivity contribution in [3.05, 3.63) is 39.8 Å². The van der Waals surface area contributed by atoms with Gasteiger partial charge in [0.05, 0.1) is 4.91 Å². The first-order valence-electron chi connectivity index (χ1n) is 7.64. The van der Waals surface area contributed by atoms with Crippen molar-refractivity contribution in [2.75, 3.05) is 13.1 Å². The van der Waals surface area contributed by atoms with Crippen molar-refractivity contribution in [1.29, 1.82) is 0 Å². The van der Waals surface area contributed by atoms with E-state index in [4.69, 9.17) is 11.6 Å². The van der Waals surface area contributed by atoms with Crippen LogP contribution in [0, 0.1) is 5.92 Å². The Morgan fingerprint density at radius 1 is 1.29 bits per heavy atom. The number of imide groups is 1. The number of nitrogens with zero attached hydrogens (tertiary/aromatic N) is 1. The molecule has 0 radical (unpaired) electrons. The summed E-state index contributed by atoms with van der Waals surface area (Å²) in [5.74, 6) is -0.142. The highest BCUT2D eigenvalue weighted by molar-refractivity contribution is 8.18. The van der Waals surface area contributed by atoms with Crippen molar-refractivity contribution in [2.24, 2.45) is 5.92 Å². The Hall–Kier alpha value is -1.79. The van der Waals surface area contributed by atoms with E-state index in [-0.39, 0.29) is 36.1 Å². The molecule has 1 heterocycles. The predicted molar refractivity (Wildman–Crippen MR) is 96.6 cm³/mol. The Kier molecular flexibility index (Phi) is 6.45. The monoisotopic (exact) mass is 366 g/mol. The molecule has 1 aromatic rings. The lowest BCUT2D eigenvalue weighted by atomic mass is 10.1. The second-order valence-corrected chi connectivity index (χ2v) is 7.26. The highest BCUT2D eigenvalue weighted by Gasteiger charge is 2.34. The Morgan fingerprint density at radius 3 is 2.58 bits per heavy atom. The number of halogens is 1. The van der Waals surface area contributed by atoms with Gasteiger partial charge in [0.2, 0.25) is 5.91 Å². The summed E-state index contributed by atoms with van der Waals surface area (Å²) in [5.41, 5.74) is 0.801. The summed E-state index contributed by atoms with van der Waals surface area (Å²) < 4.78 is 0. The van der Waals surface area contributed by atoms with Gasteiger partial charge < -0.3 is 5.32 Å². The average molecular weight is 367 g/mol. The van der Waals surface area contributed by atoms with E-state index in [1.165, 1.54) is 0 Å². The zero-order chi connectivity index (χ0) is 17.7. The molecule has 3 amide bonds. The van der Waals surface area contributed by atoms with E-state index in [1.54, 1.807) is 30.3 Å². The standard InChI is InChI=1S/C17H19ClN2O3S/c1-11(2)9-15(21)19-7-8-20-16(22)14(24-17(20)23)10-12-3-5-13(18)6-4-12/h3-6,10-11H,7-9H2,1-2H3,(H,19,21)/b14-10+. The molecule has 128 valence electrons. The SMILES string of the molecule is CC(C)CC(=O)NCCN1C(=O)S/C(=C/c2ccc(Cl)cc2)C1=O. The van der Waals surface area contributed by atoms with Crippen LogP contribution in [0.2, 0.25) is 5.02 Å². The van der Waals surface area contributed by atoms with Crippen LogP contribution in [0.3, 0.4) is 0 Å². The van der Waals surface area contributed by atoms with E-state index >= 15 is 0 Å². The summed E-state index contributed by atoms with van der Waals surface area (Å²) in [6, 6.07) is 7.01. The van der Waals surface area contributed by atoms with Crippen molar-refractivity contribution in [2.45, 2.75) is 20.3 Å². The van der Waals surface area contributed by atoms with Crippen LogP contribution in [-0.4, -0.2) is 35.0 Å². The Balaban J connectivity index is 1.94. The van der Waals surface area contributed by atoms with Crippen LogP contribution in [0.25, 0.3) is 6.08 Å². The summed E-state index contributed by atoms with van der Waals surface area (Å²) >= 11 is 6.73. The summed E-state index contributed by atoms with van der Waals surface area (Å²) in [4.78, 5) is 37.4. The van der Waals surface area contributed by atoms with Crippen LogP contribution in [0.5, 0.6) is 0 Å². The van der Waals surface area contributed by atoms with Gasteiger partial charge in [-0.15, -0.1) is 0 Å². The molecule has 1 aliphatic heterocycles. The molecule has 1 fully saturated rings. The average Bonchev–Trinajstić information content (AvgIpc) is 2.76. The van der Waals surface area contributed by atoms with Gasteiger partial charge in [-0.1, -0.05) is 37.6 Å². The molecule has 1 aliphatic rings. The van der Waals surface area contributed by atoms with Gasteiger partial charge in [0.15, 0.2) is 0 Å². The number of benzene rings is 1. The van der Waals surface area contributed by atoms with Crippen LogP contribution in [0.1, 0.15) is 25.8 Å². The fourth-order valence-corrected chi connectivity index (χ4v) is 3.14. The number of nitrogens with one attached hydrogen (secondary N) is 1. The molecule has 2 rings (SSSR count). The predicted octanol–water partition coefficient (Wildman–Crippen LogP) is 3.54. The number of carbonyl (C=O) groups is 3. The lowest BCUT2D eigenvalue weighted by molar-refractivity contribution is -0.124. The van der Waals surface area contributed by atoms with Crippen LogP contribution in [-0.2, 0) is 9.59 Å². The zero-order valence-electron chi connectivity index (χ0n) is 13.5.